The molecule has 3 nitrogen and oxygen atoms in total. The fourth-order valence-electron chi connectivity index (χ4n) is 2.08. The van der Waals surface area contributed by atoms with E-state index >= 15 is 0 Å². The third-order valence-electron chi connectivity index (χ3n) is 3.30. The summed E-state index contributed by atoms with van der Waals surface area (Å²) in [7, 11) is 0. The lowest BCUT2D eigenvalue weighted by Gasteiger charge is -2.08. The van der Waals surface area contributed by atoms with Gasteiger partial charge < -0.3 is 10.1 Å². The summed E-state index contributed by atoms with van der Waals surface area (Å²) in [5.41, 5.74) is 2.32. The molecule has 1 aromatic carbocycles. The molecule has 21 heavy (non-hydrogen) atoms. The van der Waals surface area contributed by atoms with Crippen LogP contribution in [0.15, 0.2) is 48.7 Å². The molecule has 1 N–H and O–H groups in total. The van der Waals surface area contributed by atoms with Gasteiger partial charge >= 0.3 is 0 Å². The van der Waals surface area contributed by atoms with Crippen LogP contribution in [-0.2, 0) is 13.1 Å². The average Bonchev–Trinajstić information content (AvgIpc) is 2.54. The quantitative estimate of drug-likeness (QED) is 0.708. The van der Waals surface area contributed by atoms with Gasteiger partial charge in [-0.15, -0.1) is 0 Å². The Morgan fingerprint density at radius 2 is 1.86 bits per heavy atom. The van der Waals surface area contributed by atoms with E-state index in [9.17, 15) is 0 Å². The number of ether oxygens (including phenoxy) is 1. The highest BCUT2D eigenvalue weighted by Gasteiger charge is 1.97. The van der Waals surface area contributed by atoms with E-state index in [1.165, 1.54) is 18.4 Å². The smallest absolute Gasteiger partial charge is 0.119 e. The number of pyridine rings is 1. The van der Waals surface area contributed by atoms with Crippen LogP contribution in [0.1, 0.15) is 37.4 Å². The molecule has 0 atom stereocenters. The van der Waals surface area contributed by atoms with Crippen LogP contribution in [0.2, 0.25) is 0 Å². The predicted octanol–water partition coefficient (Wildman–Crippen LogP) is 3.94. The second kappa shape index (κ2) is 9.14. The third-order valence-corrected chi connectivity index (χ3v) is 3.30. The molecule has 0 aliphatic heterocycles. The van der Waals surface area contributed by atoms with Gasteiger partial charge in [0.05, 0.1) is 12.3 Å². The lowest BCUT2D eigenvalue weighted by Crippen LogP contribution is -2.13. The van der Waals surface area contributed by atoms with Crippen molar-refractivity contribution in [1.82, 2.24) is 10.3 Å². The predicted molar refractivity (Wildman–Crippen MR) is 86.2 cm³/mol. The van der Waals surface area contributed by atoms with Crippen molar-refractivity contribution in [3.63, 3.8) is 0 Å². The third kappa shape index (κ3) is 5.96. The van der Waals surface area contributed by atoms with Crippen molar-refractivity contribution in [2.75, 3.05) is 6.61 Å². The van der Waals surface area contributed by atoms with Gasteiger partial charge in [-0.25, -0.2) is 0 Å². The van der Waals surface area contributed by atoms with Gasteiger partial charge in [0.1, 0.15) is 5.75 Å². The van der Waals surface area contributed by atoms with E-state index in [1.54, 1.807) is 0 Å². The van der Waals surface area contributed by atoms with Crippen molar-refractivity contribution >= 4 is 0 Å². The van der Waals surface area contributed by atoms with E-state index in [-0.39, 0.29) is 0 Å². The van der Waals surface area contributed by atoms with Crippen molar-refractivity contribution in [3.8, 4) is 5.75 Å². The van der Waals surface area contributed by atoms with Crippen LogP contribution in [0.3, 0.4) is 0 Å². The van der Waals surface area contributed by atoms with Crippen molar-refractivity contribution < 1.29 is 4.74 Å². The fourth-order valence-corrected chi connectivity index (χ4v) is 2.08. The largest absolute Gasteiger partial charge is 0.494 e. The first-order valence-corrected chi connectivity index (χ1v) is 7.71. The molecular weight excluding hydrogens is 260 g/mol. The lowest BCUT2D eigenvalue weighted by atomic mass is 10.2. The van der Waals surface area contributed by atoms with Gasteiger partial charge in [-0.2, -0.15) is 0 Å². The maximum atomic E-state index is 5.71. The Hall–Kier alpha value is -1.87. The van der Waals surface area contributed by atoms with E-state index in [4.69, 9.17) is 4.74 Å². The summed E-state index contributed by atoms with van der Waals surface area (Å²) >= 11 is 0. The number of nitrogens with one attached hydrogen (secondary N) is 1. The molecule has 0 spiro atoms. The monoisotopic (exact) mass is 284 g/mol. The zero-order valence-electron chi connectivity index (χ0n) is 12.7. The first kappa shape index (κ1) is 15.5. The van der Waals surface area contributed by atoms with Gasteiger partial charge in [-0.1, -0.05) is 38.0 Å². The number of aromatic nitrogens is 1. The molecule has 1 aromatic heterocycles. The molecule has 0 saturated heterocycles. The van der Waals surface area contributed by atoms with Crippen LogP contribution >= 0.6 is 0 Å². The molecule has 2 rings (SSSR count). The van der Waals surface area contributed by atoms with E-state index in [0.29, 0.717) is 0 Å². The van der Waals surface area contributed by atoms with Crippen LogP contribution in [0.4, 0.5) is 0 Å². The molecule has 0 fully saturated rings. The highest BCUT2D eigenvalue weighted by molar-refractivity contribution is 5.27. The molecule has 0 bridgehead atoms. The molecule has 0 unspecified atom stereocenters. The van der Waals surface area contributed by atoms with Crippen LogP contribution in [0.5, 0.6) is 5.75 Å². The van der Waals surface area contributed by atoms with Crippen LogP contribution in [-0.4, -0.2) is 11.6 Å². The lowest BCUT2D eigenvalue weighted by molar-refractivity contribution is 0.306. The minimum atomic E-state index is 0.788. The number of nitrogens with zero attached hydrogens (tertiary/aromatic N) is 1. The second-order valence-electron chi connectivity index (χ2n) is 5.12. The Morgan fingerprint density at radius 3 is 2.57 bits per heavy atom. The highest BCUT2D eigenvalue weighted by Crippen LogP contribution is 2.13. The first-order valence-electron chi connectivity index (χ1n) is 7.71. The summed E-state index contributed by atoms with van der Waals surface area (Å²) < 4.78 is 5.71. The standard InChI is InChI=1S/C18H24N2O/c1-2-3-6-13-21-18-10-8-16(9-11-18)14-19-15-17-7-4-5-12-20-17/h4-5,7-12,19H,2-3,6,13-15H2,1H3. The van der Waals surface area contributed by atoms with E-state index in [1.807, 2.05) is 36.5 Å². The molecule has 112 valence electrons. The summed E-state index contributed by atoms with van der Waals surface area (Å²) in [6.45, 7) is 4.64. The SMILES string of the molecule is CCCCCOc1ccc(CNCc2ccccn2)cc1. The zero-order chi connectivity index (χ0) is 14.8. The molecule has 0 amide bonds. The van der Waals surface area contributed by atoms with Crippen molar-refractivity contribution in [2.24, 2.45) is 0 Å². The molecule has 0 saturated carbocycles. The summed E-state index contributed by atoms with van der Waals surface area (Å²) in [6, 6.07) is 14.3. The summed E-state index contributed by atoms with van der Waals surface area (Å²) in [6.07, 6.45) is 5.41. The van der Waals surface area contributed by atoms with Crippen LogP contribution < -0.4 is 10.1 Å². The molecule has 2 aromatic rings. The highest BCUT2D eigenvalue weighted by atomic mass is 16.5. The minimum Gasteiger partial charge on any atom is -0.494 e. The van der Waals surface area contributed by atoms with E-state index in [0.717, 1.165) is 37.6 Å². The number of unbranched alkanes of at least 4 members (excludes halogenated alkanes) is 2. The minimum absolute atomic E-state index is 0.788. The Bertz CT molecular complexity index is 496. The van der Waals surface area contributed by atoms with Crippen molar-refractivity contribution in [1.29, 1.82) is 0 Å². The molecule has 0 radical (unpaired) electrons. The van der Waals surface area contributed by atoms with Gasteiger partial charge in [0.15, 0.2) is 0 Å². The molecule has 0 aliphatic carbocycles. The molecule has 3 heteroatoms. The summed E-state index contributed by atoms with van der Waals surface area (Å²) in [5.74, 6) is 0.958. The number of hydrogen-bond donors (Lipinski definition) is 1. The maximum Gasteiger partial charge on any atom is 0.119 e. The first-order chi connectivity index (χ1) is 10.4. The second-order valence-corrected chi connectivity index (χ2v) is 5.12. The van der Waals surface area contributed by atoms with Crippen LogP contribution in [0.25, 0.3) is 0 Å². The molecule has 0 aliphatic rings. The Balaban J connectivity index is 1.69. The molecular formula is C18H24N2O. The average molecular weight is 284 g/mol. The number of benzene rings is 1. The molecule has 1 heterocycles. The van der Waals surface area contributed by atoms with Crippen molar-refractivity contribution in [2.45, 2.75) is 39.3 Å². The number of hydrogen-bond acceptors (Lipinski definition) is 3. The van der Waals surface area contributed by atoms with E-state index < -0.39 is 0 Å². The maximum absolute atomic E-state index is 5.71. The fraction of sp³-hybridized carbons (Fsp3) is 0.389. The summed E-state index contributed by atoms with van der Waals surface area (Å²) in [4.78, 5) is 4.29. The van der Waals surface area contributed by atoms with Gasteiger partial charge in [0.2, 0.25) is 0 Å². The van der Waals surface area contributed by atoms with Gasteiger partial charge in [-0.3, -0.25) is 4.98 Å². The van der Waals surface area contributed by atoms with Crippen LogP contribution in [0, 0.1) is 0 Å². The zero-order valence-corrected chi connectivity index (χ0v) is 12.7. The summed E-state index contributed by atoms with van der Waals surface area (Å²) in [5, 5.41) is 3.39. The van der Waals surface area contributed by atoms with Gasteiger partial charge in [0, 0.05) is 19.3 Å². The topological polar surface area (TPSA) is 34.1 Å². The Morgan fingerprint density at radius 1 is 1.00 bits per heavy atom. The van der Waals surface area contributed by atoms with Gasteiger partial charge in [-0.05, 0) is 36.2 Å². The Kier molecular flexibility index (Phi) is 6.75. The normalized spacial score (nSPS) is 10.5. The number of rotatable bonds is 9. The Labute approximate surface area is 127 Å². The van der Waals surface area contributed by atoms with Gasteiger partial charge in [0.25, 0.3) is 0 Å². The van der Waals surface area contributed by atoms with E-state index in [2.05, 4.69) is 29.4 Å². The van der Waals surface area contributed by atoms with Crippen molar-refractivity contribution in [3.05, 3.63) is 59.9 Å².